The smallest absolute Gasteiger partial charge is 0.233 e. The summed E-state index contributed by atoms with van der Waals surface area (Å²) in [5, 5.41) is 0. The average Bonchev–Trinajstić information content (AvgIpc) is 3.11. The number of pyridine rings is 1. The molecule has 1 aliphatic heterocycles. The number of thioether (sulfide) groups is 1. The van der Waals surface area contributed by atoms with Gasteiger partial charge in [-0.2, -0.15) is 0 Å². The average molecular weight is 384 g/mol. The zero-order chi connectivity index (χ0) is 18.6. The number of carbonyl (C=O) groups is 1. The largest absolute Gasteiger partial charge is 0.339 e. The van der Waals surface area contributed by atoms with E-state index in [1.165, 1.54) is 23.9 Å². The maximum absolute atomic E-state index is 12.9. The molecule has 0 aliphatic carbocycles. The van der Waals surface area contributed by atoms with Gasteiger partial charge in [0.2, 0.25) is 5.91 Å². The third-order valence-electron chi connectivity index (χ3n) is 4.78. The van der Waals surface area contributed by atoms with Crippen molar-refractivity contribution in [3.63, 3.8) is 0 Å². The molecular formula is C20H21FN4OS. The van der Waals surface area contributed by atoms with E-state index in [1.807, 2.05) is 35.5 Å². The number of benzene rings is 1. The lowest BCUT2D eigenvalue weighted by atomic mass is 10.3. The number of nitrogens with zero attached hydrogens (tertiary/aromatic N) is 4. The zero-order valence-corrected chi connectivity index (χ0v) is 15.7. The molecule has 1 amide bonds. The summed E-state index contributed by atoms with van der Waals surface area (Å²) in [6.45, 7) is 4.01. The molecular weight excluding hydrogens is 363 g/mol. The summed E-state index contributed by atoms with van der Waals surface area (Å²) in [5.74, 6) is 0.269. The monoisotopic (exact) mass is 384 g/mol. The third-order valence-corrected chi connectivity index (χ3v) is 5.78. The van der Waals surface area contributed by atoms with Crippen LogP contribution in [0, 0.1) is 5.82 Å². The molecule has 0 spiro atoms. The molecule has 0 bridgehead atoms. The molecule has 5 nitrogen and oxygen atoms in total. The molecule has 1 saturated heterocycles. The van der Waals surface area contributed by atoms with E-state index in [-0.39, 0.29) is 11.7 Å². The van der Waals surface area contributed by atoms with Crippen molar-refractivity contribution in [2.75, 3.05) is 31.9 Å². The number of halogens is 1. The zero-order valence-electron chi connectivity index (χ0n) is 14.9. The fraction of sp³-hybridized carbons (Fsp3) is 0.300. The number of carbonyl (C=O) groups excluding carboxylic acids is 1. The van der Waals surface area contributed by atoms with E-state index in [1.54, 1.807) is 12.1 Å². The van der Waals surface area contributed by atoms with Crippen LogP contribution in [0.4, 0.5) is 4.39 Å². The van der Waals surface area contributed by atoms with E-state index in [4.69, 9.17) is 0 Å². The van der Waals surface area contributed by atoms with Gasteiger partial charge in [0, 0.05) is 43.8 Å². The van der Waals surface area contributed by atoms with E-state index in [0.29, 0.717) is 5.75 Å². The van der Waals surface area contributed by atoms with Crippen molar-refractivity contribution in [2.45, 2.75) is 11.4 Å². The van der Waals surface area contributed by atoms with Gasteiger partial charge in [-0.1, -0.05) is 6.07 Å². The summed E-state index contributed by atoms with van der Waals surface area (Å²) in [6, 6.07) is 12.3. The molecule has 3 aromatic rings. The lowest BCUT2D eigenvalue weighted by Gasteiger charge is -2.34. The quantitative estimate of drug-likeness (QED) is 0.635. The van der Waals surface area contributed by atoms with Gasteiger partial charge in [0.25, 0.3) is 0 Å². The Balaban J connectivity index is 1.27. The molecule has 1 aliphatic rings. The Labute approximate surface area is 161 Å². The SMILES string of the molecule is O=C(CSc1ccc(F)cc1)N1CCN(Cc2cnc3ccccn23)CC1. The van der Waals surface area contributed by atoms with Crippen molar-refractivity contribution >= 4 is 23.3 Å². The molecule has 140 valence electrons. The summed E-state index contributed by atoms with van der Waals surface area (Å²) in [7, 11) is 0. The van der Waals surface area contributed by atoms with Crippen molar-refractivity contribution in [2.24, 2.45) is 0 Å². The Morgan fingerprint density at radius 1 is 1.07 bits per heavy atom. The van der Waals surface area contributed by atoms with Crippen LogP contribution < -0.4 is 0 Å². The number of aromatic nitrogens is 2. The molecule has 0 atom stereocenters. The molecule has 1 aromatic carbocycles. The van der Waals surface area contributed by atoms with Crippen LogP contribution in [0.25, 0.3) is 5.65 Å². The Morgan fingerprint density at radius 3 is 2.63 bits per heavy atom. The minimum Gasteiger partial charge on any atom is -0.339 e. The minimum absolute atomic E-state index is 0.138. The van der Waals surface area contributed by atoms with Crippen LogP contribution in [0.5, 0.6) is 0 Å². The van der Waals surface area contributed by atoms with Crippen LogP contribution in [-0.2, 0) is 11.3 Å². The number of amides is 1. The molecule has 0 saturated carbocycles. The van der Waals surface area contributed by atoms with Crippen LogP contribution in [0.2, 0.25) is 0 Å². The van der Waals surface area contributed by atoms with Crippen LogP contribution in [0.3, 0.4) is 0 Å². The van der Waals surface area contributed by atoms with Gasteiger partial charge in [-0.25, -0.2) is 9.37 Å². The number of piperazine rings is 1. The van der Waals surface area contributed by atoms with Gasteiger partial charge in [0.15, 0.2) is 0 Å². The lowest BCUT2D eigenvalue weighted by molar-refractivity contribution is -0.130. The Kier molecular flexibility index (Phi) is 5.40. The van der Waals surface area contributed by atoms with Crippen LogP contribution >= 0.6 is 11.8 Å². The highest BCUT2D eigenvalue weighted by atomic mass is 32.2. The second-order valence-electron chi connectivity index (χ2n) is 6.58. The van der Waals surface area contributed by atoms with Crippen molar-refractivity contribution in [1.82, 2.24) is 19.2 Å². The van der Waals surface area contributed by atoms with E-state index in [9.17, 15) is 9.18 Å². The first-order valence-electron chi connectivity index (χ1n) is 8.98. The first kappa shape index (κ1) is 18.0. The number of rotatable bonds is 5. The van der Waals surface area contributed by atoms with Crippen molar-refractivity contribution in [3.05, 3.63) is 66.4 Å². The molecule has 0 unspecified atom stereocenters. The predicted molar refractivity (Wildman–Crippen MR) is 104 cm³/mol. The van der Waals surface area contributed by atoms with E-state index < -0.39 is 0 Å². The molecule has 0 N–H and O–H groups in total. The topological polar surface area (TPSA) is 40.9 Å². The van der Waals surface area contributed by atoms with Gasteiger partial charge in [0.05, 0.1) is 17.6 Å². The van der Waals surface area contributed by atoms with Gasteiger partial charge >= 0.3 is 0 Å². The number of hydrogen-bond donors (Lipinski definition) is 0. The summed E-state index contributed by atoms with van der Waals surface area (Å²) < 4.78 is 15.0. The maximum atomic E-state index is 12.9. The first-order valence-corrected chi connectivity index (χ1v) is 9.97. The van der Waals surface area contributed by atoms with Crippen molar-refractivity contribution in [3.8, 4) is 0 Å². The van der Waals surface area contributed by atoms with E-state index in [2.05, 4.69) is 14.3 Å². The van der Waals surface area contributed by atoms with Gasteiger partial charge in [-0.05, 0) is 36.4 Å². The fourth-order valence-electron chi connectivity index (χ4n) is 3.25. The van der Waals surface area contributed by atoms with Crippen molar-refractivity contribution < 1.29 is 9.18 Å². The molecule has 1 fully saturated rings. The van der Waals surface area contributed by atoms with Gasteiger partial charge in [0.1, 0.15) is 11.5 Å². The van der Waals surface area contributed by atoms with Gasteiger partial charge in [-0.15, -0.1) is 11.8 Å². The van der Waals surface area contributed by atoms with E-state index >= 15 is 0 Å². The van der Waals surface area contributed by atoms with Crippen LogP contribution in [0.15, 0.2) is 59.8 Å². The number of imidazole rings is 1. The second kappa shape index (κ2) is 8.10. The third kappa shape index (κ3) is 4.31. The van der Waals surface area contributed by atoms with Gasteiger partial charge < -0.3 is 9.30 Å². The van der Waals surface area contributed by atoms with Gasteiger partial charge in [-0.3, -0.25) is 9.69 Å². The number of hydrogen-bond acceptors (Lipinski definition) is 4. The number of fused-ring (bicyclic) bond motifs is 1. The summed E-state index contributed by atoms with van der Waals surface area (Å²) in [6.07, 6.45) is 3.95. The highest BCUT2D eigenvalue weighted by Crippen LogP contribution is 2.19. The Morgan fingerprint density at radius 2 is 1.85 bits per heavy atom. The molecule has 27 heavy (non-hydrogen) atoms. The molecule has 2 aromatic heterocycles. The molecule has 7 heteroatoms. The summed E-state index contributed by atoms with van der Waals surface area (Å²) >= 11 is 1.45. The molecule has 3 heterocycles. The lowest BCUT2D eigenvalue weighted by Crippen LogP contribution is -2.48. The first-order chi connectivity index (χ1) is 13.2. The van der Waals surface area contributed by atoms with Crippen LogP contribution in [-0.4, -0.2) is 57.0 Å². The van der Waals surface area contributed by atoms with Crippen LogP contribution in [0.1, 0.15) is 5.69 Å². The predicted octanol–water partition coefficient (Wildman–Crippen LogP) is 2.91. The normalized spacial score (nSPS) is 15.4. The standard InChI is InChI=1S/C20H21FN4OS/c21-16-4-6-18(7-5-16)27-15-20(26)24-11-9-23(10-12-24)14-17-13-22-19-3-1-2-8-25(17)19/h1-8,13H,9-12,14-15H2. The van der Waals surface area contributed by atoms with Crippen molar-refractivity contribution in [1.29, 1.82) is 0 Å². The molecule has 4 rings (SSSR count). The fourth-order valence-corrected chi connectivity index (χ4v) is 4.05. The minimum atomic E-state index is -0.257. The second-order valence-corrected chi connectivity index (χ2v) is 7.63. The molecule has 0 radical (unpaired) electrons. The summed E-state index contributed by atoms with van der Waals surface area (Å²) in [5.41, 5.74) is 2.12. The summed E-state index contributed by atoms with van der Waals surface area (Å²) in [4.78, 5) is 22.1. The highest BCUT2D eigenvalue weighted by Gasteiger charge is 2.21. The Bertz CT molecular complexity index is 919. The Hall–Kier alpha value is -2.38. The van der Waals surface area contributed by atoms with E-state index in [0.717, 1.165) is 49.0 Å². The highest BCUT2D eigenvalue weighted by molar-refractivity contribution is 8.00. The maximum Gasteiger partial charge on any atom is 0.233 e.